The Labute approximate surface area is 237 Å². The van der Waals surface area contributed by atoms with Gasteiger partial charge in [0.1, 0.15) is 0 Å². The zero-order valence-corrected chi connectivity index (χ0v) is 24.8. The maximum Gasteiger partial charge on any atom is 0.243 e. The molecule has 1 amide bonds. The van der Waals surface area contributed by atoms with E-state index in [0.29, 0.717) is 37.4 Å². The number of sulfonamides is 2. The summed E-state index contributed by atoms with van der Waals surface area (Å²) in [4.78, 5) is 13.3. The van der Waals surface area contributed by atoms with Crippen molar-refractivity contribution in [3.8, 4) is 11.5 Å². The van der Waals surface area contributed by atoms with E-state index in [0.717, 1.165) is 44.1 Å². The van der Waals surface area contributed by atoms with E-state index < -0.39 is 26.0 Å². The fraction of sp³-hybridized carbons (Fsp3) is 0.536. The van der Waals surface area contributed by atoms with Crippen LogP contribution in [0.5, 0.6) is 11.5 Å². The summed E-state index contributed by atoms with van der Waals surface area (Å²) in [5, 5.41) is 2.80. The van der Waals surface area contributed by atoms with Gasteiger partial charge in [0.2, 0.25) is 26.0 Å². The number of carbonyl (C=O) groups is 1. The smallest absolute Gasteiger partial charge is 0.243 e. The van der Waals surface area contributed by atoms with Gasteiger partial charge in [0, 0.05) is 31.7 Å². The summed E-state index contributed by atoms with van der Waals surface area (Å²) >= 11 is 0. The number of piperidine rings is 1. The molecule has 1 heterocycles. The van der Waals surface area contributed by atoms with Crippen LogP contribution < -0.4 is 14.8 Å². The zero-order valence-electron chi connectivity index (χ0n) is 23.2. The molecule has 40 heavy (non-hydrogen) atoms. The fourth-order valence-corrected chi connectivity index (χ4v) is 8.50. The van der Waals surface area contributed by atoms with E-state index in [2.05, 4.69) is 5.32 Å². The molecule has 1 saturated carbocycles. The SMILES string of the molecule is COc1ccc(S(=O)(=O)N(CC(=O)NCc2ccc(S(=O)(=O)N3CCCCC3)cc2)C2CCCCC2)cc1OC. The Morgan fingerprint density at radius 2 is 1.45 bits per heavy atom. The highest BCUT2D eigenvalue weighted by Gasteiger charge is 2.34. The van der Waals surface area contributed by atoms with Gasteiger partial charge in [-0.05, 0) is 55.5 Å². The molecule has 12 heteroatoms. The Morgan fingerprint density at radius 3 is 2.08 bits per heavy atom. The second kappa shape index (κ2) is 13.3. The van der Waals surface area contributed by atoms with Crippen LogP contribution in [0.2, 0.25) is 0 Å². The topological polar surface area (TPSA) is 122 Å². The maximum absolute atomic E-state index is 13.8. The van der Waals surface area contributed by atoms with Gasteiger partial charge >= 0.3 is 0 Å². The second-order valence-electron chi connectivity index (χ2n) is 10.2. The number of benzene rings is 2. The van der Waals surface area contributed by atoms with E-state index in [1.807, 2.05) is 0 Å². The van der Waals surface area contributed by atoms with Crippen molar-refractivity contribution in [2.75, 3.05) is 33.9 Å². The van der Waals surface area contributed by atoms with Crippen LogP contribution in [0.4, 0.5) is 0 Å². The Bertz CT molecular complexity index is 1370. The van der Waals surface area contributed by atoms with Crippen molar-refractivity contribution in [1.82, 2.24) is 13.9 Å². The fourth-order valence-electron chi connectivity index (χ4n) is 5.32. The average Bonchev–Trinajstić information content (AvgIpc) is 2.99. The number of hydrogen-bond acceptors (Lipinski definition) is 7. The lowest BCUT2D eigenvalue weighted by molar-refractivity contribution is -0.121. The highest BCUT2D eigenvalue weighted by Crippen LogP contribution is 2.33. The van der Waals surface area contributed by atoms with Gasteiger partial charge in [-0.3, -0.25) is 4.79 Å². The molecule has 0 aromatic heterocycles. The van der Waals surface area contributed by atoms with Gasteiger partial charge in [-0.15, -0.1) is 0 Å². The van der Waals surface area contributed by atoms with Crippen LogP contribution in [0, 0.1) is 0 Å². The van der Waals surface area contributed by atoms with Crippen LogP contribution in [-0.4, -0.2) is 71.2 Å². The maximum atomic E-state index is 13.8. The minimum atomic E-state index is -4.00. The standard InChI is InChI=1S/C28H39N3O7S2/c1-37-26-16-15-25(19-27(26)38-2)40(35,36)31(23-9-5-3-6-10-23)21-28(32)29-20-22-11-13-24(14-12-22)39(33,34)30-17-7-4-8-18-30/h11-16,19,23H,3-10,17-18,20-21H2,1-2H3,(H,29,32). The lowest BCUT2D eigenvalue weighted by Gasteiger charge is -2.33. The normalized spacial score (nSPS) is 17.5. The molecule has 0 atom stereocenters. The monoisotopic (exact) mass is 593 g/mol. The number of carbonyl (C=O) groups excluding carboxylic acids is 1. The number of nitrogens with one attached hydrogen (secondary N) is 1. The number of amides is 1. The van der Waals surface area contributed by atoms with Gasteiger partial charge in [0.15, 0.2) is 11.5 Å². The molecule has 0 radical (unpaired) electrons. The summed E-state index contributed by atoms with van der Waals surface area (Å²) in [5.41, 5.74) is 0.720. The minimum Gasteiger partial charge on any atom is -0.493 e. The second-order valence-corrected chi connectivity index (χ2v) is 14.1. The van der Waals surface area contributed by atoms with Gasteiger partial charge in [0.25, 0.3) is 0 Å². The molecule has 1 saturated heterocycles. The van der Waals surface area contributed by atoms with Crippen molar-refractivity contribution in [3.05, 3.63) is 48.0 Å². The van der Waals surface area contributed by atoms with Crippen LogP contribution in [0.15, 0.2) is 52.3 Å². The minimum absolute atomic E-state index is 0.0361. The van der Waals surface area contributed by atoms with E-state index in [1.165, 1.54) is 35.0 Å². The van der Waals surface area contributed by atoms with Gasteiger partial charge in [-0.2, -0.15) is 8.61 Å². The predicted octanol–water partition coefficient (Wildman–Crippen LogP) is 3.52. The van der Waals surface area contributed by atoms with Gasteiger partial charge < -0.3 is 14.8 Å². The van der Waals surface area contributed by atoms with E-state index >= 15 is 0 Å². The Hall–Kier alpha value is -2.67. The van der Waals surface area contributed by atoms with Crippen molar-refractivity contribution in [2.24, 2.45) is 0 Å². The molecule has 0 spiro atoms. The summed E-state index contributed by atoms with van der Waals surface area (Å²) in [5.74, 6) is 0.278. The van der Waals surface area contributed by atoms with Gasteiger partial charge in [0.05, 0.1) is 30.6 Å². The van der Waals surface area contributed by atoms with Crippen LogP contribution >= 0.6 is 0 Å². The van der Waals surface area contributed by atoms with Crippen molar-refractivity contribution in [3.63, 3.8) is 0 Å². The molecule has 0 bridgehead atoms. The average molecular weight is 594 g/mol. The Kier molecular flexibility index (Phi) is 10.1. The van der Waals surface area contributed by atoms with Gasteiger partial charge in [-0.1, -0.05) is 37.8 Å². The van der Waals surface area contributed by atoms with Crippen molar-refractivity contribution >= 4 is 26.0 Å². The third-order valence-electron chi connectivity index (χ3n) is 7.61. The molecule has 2 fully saturated rings. The number of nitrogens with zero attached hydrogens (tertiary/aromatic N) is 2. The zero-order chi connectivity index (χ0) is 28.8. The number of hydrogen-bond donors (Lipinski definition) is 1. The number of methoxy groups -OCH3 is 2. The first-order valence-electron chi connectivity index (χ1n) is 13.8. The number of ether oxygens (including phenoxy) is 2. The quantitative estimate of drug-likeness (QED) is 0.423. The molecule has 1 aliphatic carbocycles. The first-order valence-corrected chi connectivity index (χ1v) is 16.6. The molecule has 2 aromatic rings. The Balaban J connectivity index is 1.45. The molecule has 2 aromatic carbocycles. The predicted molar refractivity (Wildman–Crippen MR) is 151 cm³/mol. The summed E-state index contributed by atoms with van der Waals surface area (Å²) in [6, 6.07) is 10.6. The summed E-state index contributed by atoms with van der Waals surface area (Å²) in [7, 11) is -4.62. The number of rotatable bonds is 11. The first-order chi connectivity index (χ1) is 19.2. The molecule has 10 nitrogen and oxygen atoms in total. The molecule has 0 unspecified atom stereocenters. The largest absolute Gasteiger partial charge is 0.493 e. The van der Waals surface area contributed by atoms with E-state index in [4.69, 9.17) is 9.47 Å². The third kappa shape index (κ3) is 6.96. The van der Waals surface area contributed by atoms with Crippen molar-refractivity contribution in [1.29, 1.82) is 0 Å². The molecule has 1 aliphatic heterocycles. The highest BCUT2D eigenvalue weighted by atomic mass is 32.2. The molecule has 1 N–H and O–H groups in total. The highest BCUT2D eigenvalue weighted by molar-refractivity contribution is 7.89. The van der Waals surface area contributed by atoms with Crippen LogP contribution in [-0.2, 0) is 31.4 Å². The van der Waals surface area contributed by atoms with E-state index in [9.17, 15) is 21.6 Å². The third-order valence-corrected chi connectivity index (χ3v) is 11.4. The summed E-state index contributed by atoms with van der Waals surface area (Å²) < 4.78 is 66.7. The van der Waals surface area contributed by atoms with Gasteiger partial charge in [-0.25, -0.2) is 16.8 Å². The summed E-state index contributed by atoms with van der Waals surface area (Å²) in [6.07, 6.45) is 6.98. The van der Waals surface area contributed by atoms with Crippen LogP contribution in [0.1, 0.15) is 56.9 Å². The molecular weight excluding hydrogens is 554 g/mol. The molecule has 4 rings (SSSR count). The van der Waals surface area contributed by atoms with Crippen LogP contribution in [0.3, 0.4) is 0 Å². The first kappa shape index (κ1) is 30.3. The lowest BCUT2D eigenvalue weighted by atomic mass is 9.95. The molecule has 220 valence electrons. The summed E-state index contributed by atoms with van der Waals surface area (Å²) in [6.45, 7) is 0.897. The Morgan fingerprint density at radius 1 is 0.850 bits per heavy atom. The van der Waals surface area contributed by atoms with Crippen molar-refractivity contribution in [2.45, 2.75) is 73.7 Å². The lowest BCUT2D eigenvalue weighted by Crippen LogP contribution is -2.46. The van der Waals surface area contributed by atoms with Crippen LogP contribution in [0.25, 0.3) is 0 Å². The molecular formula is C28H39N3O7S2. The van der Waals surface area contributed by atoms with Crippen molar-refractivity contribution < 1.29 is 31.1 Å². The molecule has 2 aliphatic rings. The van der Waals surface area contributed by atoms with E-state index in [1.54, 1.807) is 30.3 Å². The van der Waals surface area contributed by atoms with E-state index in [-0.39, 0.29) is 28.9 Å².